The molecular weight excluding hydrogens is 231 g/mol. The van der Waals surface area contributed by atoms with E-state index in [0.29, 0.717) is 5.56 Å². The lowest BCUT2D eigenvalue weighted by atomic mass is 9.89. The fourth-order valence-electron chi connectivity index (χ4n) is 1.97. The molecule has 0 radical (unpaired) electrons. The highest BCUT2D eigenvalue weighted by Gasteiger charge is 2.20. The lowest BCUT2D eigenvalue weighted by molar-refractivity contribution is -0.117. The first kappa shape index (κ1) is 12.4. The smallest absolute Gasteiger partial charge is 0.141 e. The Morgan fingerprint density at radius 2 is 1.89 bits per heavy atom. The van der Waals surface area contributed by atoms with E-state index >= 15 is 0 Å². The molecule has 0 saturated carbocycles. The Morgan fingerprint density at radius 3 is 2.44 bits per heavy atom. The van der Waals surface area contributed by atoms with Crippen LogP contribution in [0.5, 0.6) is 0 Å². The Balaban J connectivity index is 2.49. The highest BCUT2D eigenvalue weighted by atomic mass is 19.1. The summed E-state index contributed by atoms with van der Waals surface area (Å²) in [5, 5.41) is 0. The van der Waals surface area contributed by atoms with Gasteiger partial charge >= 0.3 is 0 Å². The Hall–Kier alpha value is -2.10. The van der Waals surface area contributed by atoms with Gasteiger partial charge in [0.1, 0.15) is 17.9 Å². The van der Waals surface area contributed by atoms with Crippen molar-refractivity contribution in [3.63, 3.8) is 0 Å². The minimum Gasteiger partial charge on any atom is -0.299 e. The lowest BCUT2D eigenvalue weighted by Gasteiger charge is -2.14. The number of carbonyl (C=O) groups excluding carboxylic acids is 1. The SMILES string of the molecule is CC(=O)C(c1cncnc1)c1ccc(F)c(C)c1. The third-order valence-electron chi connectivity index (χ3n) is 2.84. The van der Waals surface area contributed by atoms with Gasteiger partial charge < -0.3 is 0 Å². The Labute approximate surface area is 105 Å². The van der Waals surface area contributed by atoms with Crippen molar-refractivity contribution in [2.75, 3.05) is 0 Å². The predicted octanol–water partition coefficient (Wildman–Crippen LogP) is 2.65. The molecule has 0 aliphatic heterocycles. The largest absolute Gasteiger partial charge is 0.299 e. The number of rotatable bonds is 3. The average molecular weight is 244 g/mol. The number of nitrogens with zero attached hydrogens (tertiary/aromatic N) is 2. The van der Waals surface area contributed by atoms with Gasteiger partial charge in [-0.25, -0.2) is 14.4 Å². The zero-order valence-electron chi connectivity index (χ0n) is 10.2. The third kappa shape index (κ3) is 2.42. The monoisotopic (exact) mass is 244 g/mol. The fourth-order valence-corrected chi connectivity index (χ4v) is 1.97. The summed E-state index contributed by atoms with van der Waals surface area (Å²) in [5.74, 6) is -0.730. The van der Waals surface area contributed by atoms with Crippen LogP contribution in [0.3, 0.4) is 0 Å². The zero-order valence-corrected chi connectivity index (χ0v) is 10.2. The first-order chi connectivity index (χ1) is 8.59. The molecule has 0 spiro atoms. The van der Waals surface area contributed by atoms with Crippen LogP contribution in [-0.2, 0) is 4.79 Å². The maximum Gasteiger partial charge on any atom is 0.141 e. The molecule has 3 nitrogen and oxygen atoms in total. The van der Waals surface area contributed by atoms with Gasteiger partial charge in [-0.05, 0) is 31.0 Å². The second-order valence-electron chi connectivity index (χ2n) is 4.22. The number of aromatic nitrogens is 2. The molecule has 0 saturated heterocycles. The molecule has 0 aliphatic rings. The molecule has 0 amide bonds. The van der Waals surface area contributed by atoms with Gasteiger partial charge in [-0.3, -0.25) is 4.79 Å². The summed E-state index contributed by atoms with van der Waals surface area (Å²) in [6.07, 6.45) is 4.63. The van der Waals surface area contributed by atoms with Crippen molar-refractivity contribution in [1.29, 1.82) is 0 Å². The molecule has 0 aliphatic carbocycles. The van der Waals surface area contributed by atoms with Crippen molar-refractivity contribution in [3.8, 4) is 0 Å². The molecule has 1 unspecified atom stereocenters. The number of carbonyl (C=O) groups is 1. The van der Waals surface area contributed by atoms with E-state index in [1.54, 1.807) is 31.5 Å². The molecule has 1 heterocycles. The van der Waals surface area contributed by atoms with E-state index in [9.17, 15) is 9.18 Å². The maximum atomic E-state index is 13.3. The summed E-state index contributed by atoms with van der Waals surface area (Å²) in [7, 11) is 0. The van der Waals surface area contributed by atoms with Crippen LogP contribution in [-0.4, -0.2) is 15.8 Å². The van der Waals surface area contributed by atoms with Crippen molar-refractivity contribution in [3.05, 3.63) is 59.4 Å². The molecule has 4 heteroatoms. The van der Waals surface area contributed by atoms with Crippen molar-refractivity contribution in [1.82, 2.24) is 9.97 Å². The third-order valence-corrected chi connectivity index (χ3v) is 2.84. The van der Waals surface area contributed by atoms with Gasteiger partial charge in [0.05, 0.1) is 5.92 Å². The second kappa shape index (κ2) is 5.04. The molecule has 2 rings (SSSR count). The quantitative estimate of drug-likeness (QED) is 0.833. The fraction of sp³-hybridized carbons (Fsp3) is 0.214. The molecule has 1 atom stereocenters. The van der Waals surface area contributed by atoms with Gasteiger partial charge in [-0.1, -0.05) is 12.1 Å². The molecular formula is C14H13FN2O. The summed E-state index contributed by atoms with van der Waals surface area (Å²) in [4.78, 5) is 19.6. The molecule has 2 aromatic rings. The van der Waals surface area contributed by atoms with E-state index < -0.39 is 5.92 Å². The van der Waals surface area contributed by atoms with E-state index in [2.05, 4.69) is 9.97 Å². The van der Waals surface area contributed by atoms with Crippen LogP contribution in [0.2, 0.25) is 0 Å². The van der Waals surface area contributed by atoms with E-state index in [-0.39, 0.29) is 11.6 Å². The van der Waals surface area contributed by atoms with Crippen LogP contribution in [0.25, 0.3) is 0 Å². The van der Waals surface area contributed by atoms with E-state index in [1.807, 2.05) is 0 Å². The molecule has 0 bridgehead atoms. The van der Waals surface area contributed by atoms with E-state index in [1.165, 1.54) is 19.3 Å². The van der Waals surface area contributed by atoms with Crippen LogP contribution in [0.1, 0.15) is 29.5 Å². The van der Waals surface area contributed by atoms with Crippen LogP contribution in [0, 0.1) is 12.7 Å². The number of aryl methyl sites for hydroxylation is 1. The summed E-state index contributed by atoms with van der Waals surface area (Å²) in [5.41, 5.74) is 2.00. The molecule has 0 N–H and O–H groups in total. The van der Waals surface area contributed by atoms with E-state index in [0.717, 1.165) is 11.1 Å². The van der Waals surface area contributed by atoms with Crippen molar-refractivity contribution >= 4 is 5.78 Å². The Kier molecular flexibility index (Phi) is 3.46. The highest BCUT2D eigenvalue weighted by molar-refractivity contribution is 5.86. The number of ketones is 1. The minimum atomic E-state index is -0.439. The zero-order chi connectivity index (χ0) is 13.1. The summed E-state index contributed by atoms with van der Waals surface area (Å²) >= 11 is 0. The number of benzene rings is 1. The minimum absolute atomic E-state index is 0.0178. The molecule has 1 aromatic carbocycles. The summed E-state index contributed by atoms with van der Waals surface area (Å²) < 4.78 is 13.3. The van der Waals surface area contributed by atoms with E-state index in [4.69, 9.17) is 0 Å². The van der Waals surface area contributed by atoms with Crippen molar-refractivity contribution in [2.24, 2.45) is 0 Å². The number of hydrogen-bond donors (Lipinski definition) is 0. The van der Waals surface area contributed by atoms with Crippen LogP contribution < -0.4 is 0 Å². The van der Waals surface area contributed by atoms with Gasteiger partial charge in [0, 0.05) is 18.0 Å². The summed E-state index contributed by atoms with van der Waals surface area (Å²) in [6, 6.07) is 4.69. The summed E-state index contributed by atoms with van der Waals surface area (Å²) in [6.45, 7) is 3.19. The van der Waals surface area contributed by atoms with Crippen molar-refractivity contribution in [2.45, 2.75) is 19.8 Å². The van der Waals surface area contributed by atoms with Crippen LogP contribution >= 0.6 is 0 Å². The number of Topliss-reactive ketones (excluding diaryl/α,β-unsaturated/α-hetero) is 1. The van der Waals surface area contributed by atoms with Crippen LogP contribution in [0.4, 0.5) is 4.39 Å². The lowest BCUT2D eigenvalue weighted by Crippen LogP contribution is -2.11. The second-order valence-corrected chi connectivity index (χ2v) is 4.22. The number of hydrogen-bond acceptors (Lipinski definition) is 3. The topological polar surface area (TPSA) is 42.9 Å². The average Bonchev–Trinajstić information content (AvgIpc) is 2.35. The van der Waals surface area contributed by atoms with Crippen LogP contribution in [0.15, 0.2) is 36.9 Å². The van der Waals surface area contributed by atoms with Gasteiger partial charge in [0.2, 0.25) is 0 Å². The Bertz CT molecular complexity index is 569. The first-order valence-corrected chi connectivity index (χ1v) is 5.61. The van der Waals surface area contributed by atoms with Gasteiger partial charge in [-0.15, -0.1) is 0 Å². The standard InChI is InChI=1S/C14H13FN2O/c1-9-5-11(3-4-13(9)15)14(10(2)18)12-6-16-8-17-7-12/h3-8,14H,1-2H3. The molecule has 1 aromatic heterocycles. The molecule has 0 fully saturated rings. The predicted molar refractivity (Wildman–Crippen MR) is 65.7 cm³/mol. The highest BCUT2D eigenvalue weighted by Crippen LogP contribution is 2.26. The number of halogens is 1. The van der Waals surface area contributed by atoms with Crippen molar-refractivity contribution < 1.29 is 9.18 Å². The van der Waals surface area contributed by atoms with Gasteiger partial charge in [0.25, 0.3) is 0 Å². The maximum absolute atomic E-state index is 13.3. The molecule has 18 heavy (non-hydrogen) atoms. The molecule has 92 valence electrons. The Morgan fingerprint density at radius 1 is 1.22 bits per heavy atom. The normalized spacial score (nSPS) is 12.2. The van der Waals surface area contributed by atoms with Gasteiger partial charge in [-0.2, -0.15) is 0 Å². The van der Waals surface area contributed by atoms with Gasteiger partial charge in [0.15, 0.2) is 0 Å². The first-order valence-electron chi connectivity index (χ1n) is 5.61.